The number of halogens is 2. The maximum absolute atomic E-state index is 12.9. The summed E-state index contributed by atoms with van der Waals surface area (Å²) in [5, 5.41) is 5.33. The van der Waals surface area contributed by atoms with E-state index in [0.717, 1.165) is 16.9 Å². The second-order valence-corrected chi connectivity index (χ2v) is 5.85. The Morgan fingerprint density at radius 2 is 2.30 bits per heavy atom. The van der Waals surface area contributed by atoms with Gasteiger partial charge < -0.3 is 5.32 Å². The molecule has 0 atom stereocenters. The molecule has 0 saturated heterocycles. The highest BCUT2D eigenvalue weighted by Gasteiger charge is 2.11. The summed E-state index contributed by atoms with van der Waals surface area (Å²) in [7, 11) is 0. The largest absolute Gasteiger partial charge is 0.345 e. The molecule has 0 fully saturated rings. The number of pyridine rings is 1. The molecule has 2 rings (SSSR count). The predicted molar refractivity (Wildman–Crippen MR) is 76.6 cm³/mol. The quantitative estimate of drug-likeness (QED) is 0.880. The summed E-state index contributed by atoms with van der Waals surface area (Å²) in [6, 6.07) is 1.25. The lowest BCUT2D eigenvalue weighted by molar-refractivity contribution is 0.0950. The van der Waals surface area contributed by atoms with Crippen LogP contribution in [-0.4, -0.2) is 15.9 Å². The van der Waals surface area contributed by atoms with Crippen molar-refractivity contribution in [1.82, 2.24) is 15.3 Å². The van der Waals surface area contributed by atoms with Crippen molar-refractivity contribution >= 4 is 28.8 Å². The van der Waals surface area contributed by atoms with Gasteiger partial charge in [0.25, 0.3) is 5.91 Å². The number of carbonyl (C=O) groups is 1. The van der Waals surface area contributed by atoms with Crippen LogP contribution in [0.1, 0.15) is 40.8 Å². The van der Waals surface area contributed by atoms with Gasteiger partial charge in [-0.1, -0.05) is 25.4 Å². The van der Waals surface area contributed by atoms with Crippen LogP contribution in [0, 0.1) is 5.95 Å². The van der Waals surface area contributed by atoms with E-state index in [1.54, 1.807) is 0 Å². The van der Waals surface area contributed by atoms with Crippen LogP contribution >= 0.6 is 22.9 Å². The third-order valence-electron chi connectivity index (χ3n) is 2.62. The number of rotatable bonds is 4. The summed E-state index contributed by atoms with van der Waals surface area (Å²) in [4.78, 5) is 19.7. The smallest absolute Gasteiger partial charge is 0.253 e. The molecule has 0 aromatic carbocycles. The molecule has 2 heterocycles. The van der Waals surface area contributed by atoms with Crippen LogP contribution in [-0.2, 0) is 6.54 Å². The molecule has 0 unspecified atom stereocenters. The normalized spacial score (nSPS) is 10.8. The zero-order valence-electron chi connectivity index (χ0n) is 11.0. The molecular weight excluding hydrogens is 301 g/mol. The van der Waals surface area contributed by atoms with Crippen molar-refractivity contribution in [3.8, 4) is 0 Å². The molecule has 1 amide bonds. The number of carbonyl (C=O) groups excluding carboxylic acids is 1. The van der Waals surface area contributed by atoms with Gasteiger partial charge in [0.05, 0.1) is 22.8 Å². The Morgan fingerprint density at radius 1 is 1.55 bits per heavy atom. The van der Waals surface area contributed by atoms with E-state index in [1.807, 2.05) is 5.38 Å². The number of hydrogen-bond donors (Lipinski definition) is 1. The van der Waals surface area contributed by atoms with Crippen LogP contribution in [0.5, 0.6) is 0 Å². The second-order valence-electron chi connectivity index (χ2n) is 4.50. The Labute approximate surface area is 125 Å². The number of nitrogens with zero attached hydrogens (tertiary/aromatic N) is 2. The van der Waals surface area contributed by atoms with Crippen molar-refractivity contribution in [2.75, 3.05) is 0 Å². The first kappa shape index (κ1) is 14.9. The molecule has 7 heteroatoms. The topological polar surface area (TPSA) is 54.9 Å². The van der Waals surface area contributed by atoms with Crippen molar-refractivity contribution in [2.24, 2.45) is 0 Å². The molecule has 0 aliphatic heterocycles. The van der Waals surface area contributed by atoms with E-state index >= 15 is 0 Å². The third kappa shape index (κ3) is 3.52. The molecule has 0 spiro atoms. The van der Waals surface area contributed by atoms with Gasteiger partial charge >= 0.3 is 0 Å². The summed E-state index contributed by atoms with van der Waals surface area (Å²) >= 11 is 7.08. The Hall–Kier alpha value is -1.53. The first-order valence-corrected chi connectivity index (χ1v) is 7.26. The number of hydrogen-bond acceptors (Lipinski definition) is 4. The van der Waals surface area contributed by atoms with Crippen molar-refractivity contribution in [3.63, 3.8) is 0 Å². The summed E-state index contributed by atoms with van der Waals surface area (Å²) in [6.45, 7) is 4.44. The average molecular weight is 314 g/mol. The SMILES string of the molecule is CC(C)c1csc(CNC(=O)c2cnc(F)c(Cl)c2)n1. The summed E-state index contributed by atoms with van der Waals surface area (Å²) in [5.74, 6) is -0.791. The zero-order chi connectivity index (χ0) is 14.7. The fourth-order valence-electron chi connectivity index (χ4n) is 1.47. The van der Waals surface area contributed by atoms with Crippen LogP contribution < -0.4 is 5.32 Å². The molecular formula is C13H13ClFN3OS. The molecule has 2 aromatic heterocycles. The molecule has 1 N–H and O–H groups in total. The van der Waals surface area contributed by atoms with E-state index in [9.17, 15) is 9.18 Å². The predicted octanol–water partition coefficient (Wildman–Crippen LogP) is 3.38. The Kier molecular flexibility index (Phi) is 4.67. The molecule has 0 aliphatic rings. The third-order valence-corrected chi connectivity index (χ3v) is 3.75. The number of nitrogens with one attached hydrogen (secondary N) is 1. The number of amides is 1. The van der Waals surface area contributed by atoms with Crippen LogP contribution in [0.2, 0.25) is 5.02 Å². The Bertz CT molecular complexity index is 630. The van der Waals surface area contributed by atoms with Crippen molar-refractivity contribution in [1.29, 1.82) is 0 Å². The number of thiazole rings is 1. The minimum absolute atomic E-state index is 0.172. The standard InChI is InChI=1S/C13H13ClFN3OS/c1-7(2)10-6-20-11(18-10)5-17-13(19)8-3-9(14)12(15)16-4-8/h3-4,6-7H,5H2,1-2H3,(H,17,19). The van der Waals surface area contributed by atoms with Gasteiger partial charge in [-0.25, -0.2) is 9.97 Å². The van der Waals surface area contributed by atoms with Crippen molar-refractivity contribution < 1.29 is 9.18 Å². The van der Waals surface area contributed by atoms with E-state index in [-0.39, 0.29) is 16.5 Å². The number of aromatic nitrogens is 2. The highest BCUT2D eigenvalue weighted by Crippen LogP contribution is 2.18. The van der Waals surface area contributed by atoms with E-state index in [4.69, 9.17) is 11.6 Å². The molecule has 20 heavy (non-hydrogen) atoms. The first-order valence-electron chi connectivity index (χ1n) is 6.01. The molecule has 4 nitrogen and oxygen atoms in total. The van der Waals surface area contributed by atoms with Crippen molar-refractivity contribution in [3.05, 3.63) is 44.9 Å². The van der Waals surface area contributed by atoms with E-state index < -0.39 is 5.95 Å². The fourth-order valence-corrected chi connectivity index (χ4v) is 2.54. The summed E-state index contributed by atoms with van der Waals surface area (Å²) in [5.41, 5.74) is 1.22. The zero-order valence-corrected chi connectivity index (χ0v) is 12.6. The average Bonchev–Trinajstić information content (AvgIpc) is 2.88. The maximum Gasteiger partial charge on any atom is 0.253 e. The molecule has 2 aromatic rings. The summed E-state index contributed by atoms with van der Waals surface area (Å²) < 4.78 is 12.9. The van der Waals surface area contributed by atoms with Gasteiger partial charge in [0.15, 0.2) is 0 Å². The Balaban J connectivity index is 1.99. The molecule has 0 aliphatic carbocycles. The van der Waals surface area contributed by atoms with Gasteiger partial charge in [-0.2, -0.15) is 4.39 Å². The lowest BCUT2D eigenvalue weighted by Crippen LogP contribution is -2.23. The molecule has 0 radical (unpaired) electrons. The maximum atomic E-state index is 12.9. The van der Waals surface area contributed by atoms with Gasteiger partial charge in [0, 0.05) is 11.6 Å². The van der Waals surface area contributed by atoms with Crippen molar-refractivity contribution in [2.45, 2.75) is 26.3 Å². The fraction of sp³-hybridized carbons (Fsp3) is 0.308. The van der Waals surface area contributed by atoms with Gasteiger partial charge in [-0.3, -0.25) is 4.79 Å². The van der Waals surface area contributed by atoms with Gasteiger partial charge in [0.2, 0.25) is 5.95 Å². The van der Waals surface area contributed by atoms with E-state index in [0.29, 0.717) is 12.5 Å². The van der Waals surface area contributed by atoms with Crippen LogP contribution in [0.3, 0.4) is 0 Å². The lowest BCUT2D eigenvalue weighted by atomic mass is 10.2. The molecule has 106 valence electrons. The first-order chi connectivity index (χ1) is 9.47. The Morgan fingerprint density at radius 3 is 2.90 bits per heavy atom. The van der Waals surface area contributed by atoms with Gasteiger partial charge in [-0.05, 0) is 12.0 Å². The van der Waals surface area contributed by atoms with E-state index in [1.165, 1.54) is 17.4 Å². The molecule has 0 saturated carbocycles. The van der Waals surface area contributed by atoms with Gasteiger partial charge in [0.1, 0.15) is 5.01 Å². The molecule has 0 bridgehead atoms. The summed E-state index contributed by atoms with van der Waals surface area (Å²) in [6.07, 6.45) is 1.15. The highest BCUT2D eigenvalue weighted by molar-refractivity contribution is 7.09. The van der Waals surface area contributed by atoms with E-state index in [2.05, 4.69) is 29.1 Å². The minimum Gasteiger partial charge on any atom is -0.345 e. The monoisotopic (exact) mass is 313 g/mol. The van der Waals surface area contributed by atoms with Crippen LogP contribution in [0.15, 0.2) is 17.6 Å². The second kappa shape index (κ2) is 6.28. The highest BCUT2D eigenvalue weighted by atomic mass is 35.5. The van der Waals surface area contributed by atoms with Crippen LogP contribution in [0.25, 0.3) is 0 Å². The van der Waals surface area contributed by atoms with Gasteiger partial charge in [-0.15, -0.1) is 11.3 Å². The van der Waals surface area contributed by atoms with Crippen LogP contribution in [0.4, 0.5) is 4.39 Å². The lowest BCUT2D eigenvalue weighted by Gasteiger charge is -2.03. The minimum atomic E-state index is -0.787.